The number of rotatable bonds is 4. The van der Waals surface area contributed by atoms with Crippen LogP contribution in [-0.4, -0.2) is 12.1 Å². The van der Waals surface area contributed by atoms with Crippen LogP contribution in [0.3, 0.4) is 0 Å². The average molecular weight is 264 g/mol. The largest absolute Gasteiger partial charge is 0.462 e. The van der Waals surface area contributed by atoms with Gasteiger partial charge in [-0.1, -0.05) is 25.8 Å². The number of hydrogen-bond donors (Lipinski definition) is 0. The number of esters is 1. The van der Waals surface area contributed by atoms with Gasteiger partial charge in [0.15, 0.2) is 0 Å². The molecule has 0 amide bonds. The highest BCUT2D eigenvalue weighted by Gasteiger charge is 2.30. The van der Waals surface area contributed by atoms with Gasteiger partial charge in [0.25, 0.3) is 0 Å². The van der Waals surface area contributed by atoms with Gasteiger partial charge in [-0.05, 0) is 56.3 Å². The fraction of sp³-hybridized carbons (Fsp3) is 0.824. The van der Waals surface area contributed by atoms with Crippen molar-refractivity contribution in [1.82, 2.24) is 0 Å². The molecule has 0 saturated heterocycles. The molecule has 0 bridgehead atoms. The van der Waals surface area contributed by atoms with E-state index in [9.17, 15) is 4.79 Å². The fourth-order valence-electron chi connectivity index (χ4n) is 3.79. The molecule has 2 aliphatic carbocycles. The van der Waals surface area contributed by atoms with E-state index in [0.29, 0.717) is 6.42 Å². The van der Waals surface area contributed by atoms with Crippen LogP contribution in [0.5, 0.6) is 0 Å². The van der Waals surface area contributed by atoms with Crippen molar-refractivity contribution in [3.63, 3.8) is 0 Å². The molecule has 2 nitrogen and oxygen atoms in total. The predicted octanol–water partition coefficient (Wildman–Crippen LogP) is 4.49. The summed E-state index contributed by atoms with van der Waals surface area (Å²) in [6.45, 7) is 5.95. The third-order valence-electron chi connectivity index (χ3n) is 5.06. The highest BCUT2D eigenvalue weighted by atomic mass is 16.5. The normalized spacial score (nSPS) is 35.6. The SMILES string of the molecule is C=CCC(=O)OC1CCC(C2CCC(C)CC2)CC1. The minimum atomic E-state index is -0.107. The standard InChI is InChI=1S/C17H28O2/c1-3-4-17(18)19-16-11-9-15(10-12-16)14-7-5-13(2)6-8-14/h3,13-16H,1,4-12H2,2H3. The topological polar surface area (TPSA) is 26.3 Å². The Morgan fingerprint density at radius 3 is 2.11 bits per heavy atom. The third-order valence-corrected chi connectivity index (χ3v) is 5.06. The summed E-state index contributed by atoms with van der Waals surface area (Å²) in [6, 6.07) is 0. The van der Waals surface area contributed by atoms with Gasteiger partial charge in [0.1, 0.15) is 6.10 Å². The molecular weight excluding hydrogens is 236 g/mol. The van der Waals surface area contributed by atoms with Crippen LogP contribution in [0.25, 0.3) is 0 Å². The molecule has 2 saturated carbocycles. The highest BCUT2D eigenvalue weighted by Crippen LogP contribution is 2.40. The summed E-state index contributed by atoms with van der Waals surface area (Å²) in [5.41, 5.74) is 0. The zero-order valence-electron chi connectivity index (χ0n) is 12.3. The molecule has 0 N–H and O–H groups in total. The first-order valence-corrected chi connectivity index (χ1v) is 7.99. The van der Waals surface area contributed by atoms with Crippen LogP contribution in [0.4, 0.5) is 0 Å². The summed E-state index contributed by atoms with van der Waals surface area (Å²) in [7, 11) is 0. The minimum absolute atomic E-state index is 0.107. The first-order valence-electron chi connectivity index (χ1n) is 7.99. The molecular formula is C17H28O2. The summed E-state index contributed by atoms with van der Waals surface area (Å²) < 4.78 is 5.47. The molecule has 108 valence electrons. The lowest BCUT2D eigenvalue weighted by atomic mass is 9.71. The van der Waals surface area contributed by atoms with E-state index in [1.54, 1.807) is 6.08 Å². The molecule has 0 radical (unpaired) electrons. The van der Waals surface area contributed by atoms with Crippen molar-refractivity contribution in [2.75, 3.05) is 0 Å². The smallest absolute Gasteiger partial charge is 0.309 e. The quantitative estimate of drug-likeness (QED) is 0.552. The van der Waals surface area contributed by atoms with Crippen LogP contribution in [0.1, 0.15) is 64.7 Å². The Hall–Kier alpha value is -0.790. The summed E-state index contributed by atoms with van der Waals surface area (Å²) in [6.07, 6.45) is 12.5. The monoisotopic (exact) mass is 264 g/mol. The van der Waals surface area contributed by atoms with Gasteiger partial charge in [-0.3, -0.25) is 4.79 Å². The predicted molar refractivity (Wildman–Crippen MR) is 77.8 cm³/mol. The van der Waals surface area contributed by atoms with Gasteiger partial charge in [0.05, 0.1) is 6.42 Å². The lowest BCUT2D eigenvalue weighted by molar-refractivity contribution is -0.150. The van der Waals surface area contributed by atoms with Gasteiger partial charge < -0.3 is 4.74 Å². The van der Waals surface area contributed by atoms with Crippen molar-refractivity contribution in [3.05, 3.63) is 12.7 Å². The number of carbonyl (C=O) groups excluding carboxylic acids is 1. The van der Waals surface area contributed by atoms with Crippen LogP contribution < -0.4 is 0 Å². The van der Waals surface area contributed by atoms with E-state index in [2.05, 4.69) is 13.5 Å². The first kappa shape index (κ1) is 14.6. The van der Waals surface area contributed by atoms with Crippen molar-refractivity contribution in [3.8, 4) is 0 Å². The highest BCUT2D eigenvalue weighted by molar-refractivity contribution is 5.71. The second-order valence-electron chi connectivity index (χ2n) is 6.54. The Labute approximate surface area is 117 Å². The van der Waals surface area contributed by atoms with E-state index in [1.807, 2.05) is 0 Å². The Bertz CT molecular complexity index is 294. The maximum Gasteiger partial charge on any atom is 0.309 e. The zero-order chi connectivity index (χ0) is 13.7. The number of ether oxygens (including phenoxy) is 1. The minimum Gasteiger partial charge on any atom is -0.462 e. The van der Waals surface area contributed by atoms with Crippen molar-refractivity contribution >= 4 is 5.97 Å². The lowest BCUT2D eigenvalue weighted by Crippen LogP contribution is -2.29. The number of hydrogen-bond acceptors (Lipinski definition) is 2. The molecule has 0 aromatic heterocycles. The lowest BCUT2D eigenvalue weighted by Gasteiger charge is -2.37. The molecule has 0 aromatic carbocycles. The van der Waals surface area contributed by atoms with Crippen molar-refractivity contribution in [2.45, 2.75) is 70.8 Å². The second-order valence-corrected chi connectivity index (χ2v) is 6.54. The molecule has 2 heteroatoms. The van der Waals surface area contributed by atoms with Crippen molar-refractivity contribution < 1.29 is 9.53 Å². The van der Waals surface area contributed by atoms with Crippen LogP contribution >= 0.6 is 0 Å². The van der Waals surface area contributed by atoms with E-state index in [1.165, 1.54) is 38.5 Å². The zero-order valence-corrected chi connectivity index (χ0v) is 12.3. The maximum atomic E-state index is 11.4. The van der Waals surface area contributed by atoms with Crippen LogP contribution in [0.2, 0.25) is 0 Å². The Morgan fingerprint density at radius 2 is 1.58 bits per heavy atom. The molecule has 0 spiro atoms. The molecule has 0 aliphatic heterocycles. The summed E-state index contributed by atoms with van der Waals surface area (Å²) in [5, 5.41) is 0. The number of carbonyl (C=O) groups is 1. The van der Waals surface area contributed by atoms with Gasteiger partial charge >= 0.3 is 5.97 Å². The second kappa shape index (κ2) is 7.12. The van der Waals surface area contributed by atoms with E-state index in [4.69, 9.17) is 4.74 Å². The fourth-order valence-corrected chi connectivity index (χ4v) is 3.79. The van der Waals surface area contributed by atoms with Gasteiger partial charge in [-0.15, -0.1) is 6.58 Å². The van der Waals surface area contributed by atoms with Gasteiger partial charge in [0.2, 0.25) is 0 Å². The summed E-state index contributed by atoms with van der Waals surface area (Å²) in [5.74, 6) is 2.67. The summed E-state index contributed by atoms with van der Waals surface area (Å²) >= 11 is 0. The molecule has 2 fully saturated rings. The molecule has 2 aliphatic rings. The molecule has 2 rings (SSSR count). The van der Waals surface area contributed by atoms with Gasteiger partial charge in [-0.2, -0.15) is 0 Å². The van der Waals surface area contributed by atoms with E-state index < -0.39 is 0 Å². The molecule has 0 aromatic rings. The van der Waals surface area contributed by atoms with Gasteiger partial charge in [0, 0.05) is 0 Å². The molecule has 0 unspecified atom stereocenters. The maximum absolute atomic E-state index is 11.4. The van der Waals surface area contributed by atoms with E-state index >= 15 is 0 Å². The van der Waals surface area contributed by atoms with Crippen molar-refractivity contribution in [1.29, 1.82) is 0 Å². The summed E-state index contributed by atoms with van der Waals surface area (Å²) in [4.78, 5) is 11.4. The average Bonchev–Trinajstić information content (AvgIpc) is 2.41. The third kappa shape index (κ3) is 4.36. The van der Waals surface area contributed by atoms with Crippen LogP contribution in [0, 0.1) is 17.8 Å². The first-order chi connectivity index (χ1) is 9.19. The van der Waals surface area contributed by atoms with Crippen molar-refractivity contribution in [2.24, 2.45) is 17.8 Å². The molecule has 0 heterocycles. The Morgan fingerprint density at radius 1 is 1.05 bits per heavy atom. The van der Waals surface area contributed by atoms with E-state index in [-0.39, 0.29) is 12.1 Å². The van der Waals surface area contributed by atoms with Crippen LogP contribution in [-0.2, 0) is 9.53 Å². The van der Waals surface area contributed by atoms with E-state index in [0.717, 1.165) is 30.6 Å². The molecule has 0 atom stereocenters. The molecule has 19 heavy (non-hydrogen) atoms. The Kier molecular flexibility index (Phi) is 5.47. The Balaban J connectivity index is 1.70. The van der Waals surface area contributed by atoms with Gasteiger partial charge in [-0.25, -0.2) is 0 Å². The van der Waals surface area contributed by atoms with Crippen LogP contribution in [0.15, 0.2) is 12.7 Å².